The van der Waals surface area contributed by atoms with E-state index in [2.05, 4.69) is 30.8 Å². The van der Waals surface area contributed by atoms with Crippen LogP contribution in [0.4, 0.5) is 0 Å². The largest absolute Gasteiger partial charge is 0.478 e. The highest BCUT2D eigenvalue weighted by molar-refractivity contribution is 8.04. The maximum Gasteiger partial charge on any atom is 0.330 e. The molecule has 0 amide bonds. The molecule has 3 heteroatoms. The predicted molar refractivity (Wildman–Crippen MR) is 53.0 cm³/mol. The van der Waals surface area contributed by atoms with Crippen LogP contribution in [0, 0.1) is 0 Å². The Morgan fingerprint density at radius 2 is 1.77 bits per heavy atom. The second kappa shape index (κ2) is 4.14. The maximum absolute atomic E-state index is 9.60. The molecule has 1 N–H and O–H groups in total. The molecule has 0 saturated heterocycles. The minimum Gasteiger partial charge on any atom is -0.478 e. The second-order valence-corrected chi connectivity index (χ2v) is 3.72. The van der Waals surface area contributed by atoms with E-state index in [4.69, 9.17) is 5.11 Å². The number of rotatable bonds is 1. The number of carboxylic acid groups (broad SMARTS) is 1. The minimum atomic E-state index is -0.935. The molecule has 0 aromatic heterocycles. The van der Waals surface area contributed by atoms with E-state index in [0.717, 1.165) is 0 Å². The van der Waals surface area contributed by atoms with Crippen LogP contribution in [-0.4, -0.2) is 11.1 Å². The molecule has 1 heterocycles. The van der Waals surface area contributed by atoms with Crippen molar-refractivity contribution in [1.82, 2.24) is 0 Å². The Hall–Kier alpha value is -1.22. The zero-order chi connectivity index (χ0) is 9.84. The van der Waals surface area contributed by atoms with Gasteiger partial charge in [0.05, 0.1) is 0 Å². The lowest BCUT2D eigenvalue weighted by molar-refractivity contribution is -0.132. The van der Waals surface area contributed by atoms with E-state index >= 15 is 0 Å². The number of fused-ring (bicyclic) bond motifs is 1. The molecule has 0 spiro atoms. The smallest absolute Gasteiger partial charge is 0.330 e. The third kappa shape index (κ3) is 3.34. The van der Waals surface area contributed by atoms with Crippen LogP contribution in [0.15, 0.2) is 46.2 Å². The number of carboxylic acids is 1. The van der Waals surface area contributed by atoms with Gasteiger partial charge in [0.2, 0.25) is 0 Å². The molecule has 1 aliphatic rings. The predicted octanol–water partition coefficient (Wildman–Crippen LogP) is 2.80. The molecule has 2 nitrogen and oxygen atoms in total. The molecule has 68 valence electrons. The fourth-order valence-electron chi connectivity index (χ4n) is 0.611. The van der Waals surface area contributed by atoms with Crippen LogP contribution in [0.1, 0.15) is 6.92 Å². The lowest BCUT2D eigenvalue weighted by atomic mass is 10.4. The van der Waals surface area contributed by atoms with Crippen molar-refractivity contribution in [2.45, 2.75) is 16.7 Å². The molecule has 13 heavy (non-hydrogen) atoms. The molecule has 0 fully saturated rings. The minimum absolute atomic E-state index is 0.176. The van der Waals surface area contributed by atoms with Crippen LogP contribution < -0.4 is 0 Å². The van der Waals surface area contributed by atoms with E-state index in [9.17, 15) is 4.79 Å². The quantitative estimate of drug-likeness (QED) is 0.560. The van der Waals surface area contributed by atoms with E-state index in [1.54, 1.807) is 0 Å². The van der Waals surface area contributed by atoms with E-state index in [1.807, 2.05) is 11.8 Å². The van der Waals surface area contributed by atoms with Crippen molar-refractivity contribution in [1.29, 1.82) is 0 Å². The van der Waals surface area contributed by atoms with E-state index in [-0.39, 0.29) is 5.57 Å². The van der Waals surface area contributed by atoms with E-state index in [0.29, 0.717) is 0 Å². The van der Waals surface area contributed by atoms with Gasteiger partial charge in [-0.3, -0.25) is 0 Å². The number of hydrogen-bond donors (Lipinski definition) is 1. The zero-order valence-electron chi connectivity index (χ0n) is 7.28. The number of hydrogen-bond acceptors (Lipinski definition) is 2. The summed E-state index contributed by atoms with van der Waals surface area (Å²) in [5.74, 6) is -0.935. The summed E-state index contributed by atoms with van der Waals surface area (Å²) < 4.78 is 0. The van der Waals surface area contributed by atoms with E-state index in [1.165, 1.54) is 16.7 Å². The highest BCUT2D eigenvalue weighted by Gasteiger charge is 2.14. The topological polar surface area (TPSA) is 37.3 Å². The molecule has 2 rings (SSSR count). The first-order chi connectivity index (χ1) is 6.11. The van der Waals surface area contributed by atoms with Crippen LogP contribution in [0.5, 0.6) is 0 Å². The summed E-state index contributed by atoms with van der Waals surface area (Å²) in [5, 5.41) is 7.89. The summed E-state index contributed by atoms with van der Waals surface area (Å²) in [7, 11) is 0. The fraction of sp³-hybridized carbons (Fsp3) is 0.100. The Morgan fingerprint density at radius 3 is 2.00 bits per heavy atom. The van der Waals surface area contributed by atoms with Gasteiger partial charge in [-0.05, 0) is 19.1 Å². The first kappa shape index (κ1) is 9.86. The first-order valence-corrected chi connectivity index (χ1v) is 4.58. The third-order valence-electron chi connectivity index (χ3n) is 1.39. The highest BCUT2D eigenvalue weighted by atomic mass is 32.2. The third-order valence-corrected chi connectivity index (χ3v) is 2.34. The first-order valence-electron chi connectivity index (χ1n) is 3.77. The van der Waals surface area contributed by atoms with Gasteiger partial charge >= 0.3 is 5.97 Å². The Morgan fingerprint density at radius 1 is 1.38 bits per heavy atom. The number of aliphatic carboxylic acids is 1. The van der Waals surface area contributed by atoms with E-state index < -0.39 is 5.97 Å². The summed E-state index contributed by atoms with van der Waals surface area (Å²) in [6, 6.07) is 8.41. The van der Waals surface area contributed by atoms with Gasteiger partial charge < -0.3 is 5.11 Å². The Kier molecular flexibility index (Phi) is 3.14. The van der Waals surface area contributed by atoms with Crippen LogP contribution >= 0.6 is 11.8 Å². The van der Waals surface area contributed by atoms with Crippen LogP contribution in [0.2, 0.25) is 0 Å². The maximum atomic E-state index is 9.60. The molecule has 0 bridgehead atoms. The molecule has 0 saturated carbocycles. The molecule has 0 aliphatic carbocycles. The Labute approximate surface area is 81.3 Å². The second-order valence-electron chi connectivity index (χ2n) is 2.63. The molecule has 0 atom stereocenters. The summed E-state index contributed by atoms with van der Waals surface area (Å²) in [6.45, 7) is 4.60. The summed E-state index contributed by atoms with van der Waals surface area (Å²) in [6.07, 6.45) is 0. The van der Waals surface area contributed by atoms with Gasteiger partial charge in [-0.1, -0.05) is 30.5 Å². The van der Waals surface area contributed by atoms with Crippen LogP contribution in [0.25, 0.3) is 0 Å². The molecule has 0 radical (unpaired) electrons. The van der Waals surface area contributed by atoms with Crippen molar-refractivity contribution < 1.29 is 9.90 Å². The number of carbonyl (C=O) groups is 1. The van der Waals surface area contributed by atoms with Crippen LogP contribution in [-0.2, 0) is 4.79 Å². The fourth-order valence-corrected chi connectivity index (χ4v) is 1.23. The SMILES string of the molecule is C=C(C)C(=O)O.c1ccc2c(c1)S2. The number of benzene rings is 1. The van der Waals surface area contributed by atoms with Crippen molar-refractivity contribution in [3.63, 3.8) is 0 Å². The van der Waals surface area contributed by atoms with Gasteiger partial charge in [-0.2, -0.15) is 0 Å². The summed E-state index contributed by atoms with van der Waals surface area (Å²) >= 11 is 1.86. The van der Waals surface area contributed by atoms with Gasteiger partial charge in [0, 0.05) is 15.4 Å². The standard InChI is InChI=1S/C6H4S.C4H6O2/c1-2-4-6-5(3-1)7-6;1-3(2)4(5)6/h1-4H;1H2,2H3,(H,5,6). The molecule has 0 unspecified atom stereocenters. The molecule has 1 aromatic rings. The van der Waals surface area contributed by atoms with Crippen molar-refractivity contribution in [2.75, 3.05) is 0 Å². The van der Waals surface area contributed by atoms with Crippen molar-refractivity contribution >= 4 is 17.7 Å². The van der Waals surface area contributed by atoms with Crippen molar-refractivity contribution in [3.8, 4) is 0 Å². The molecular formula is C10H10O2S. The highest BCUT2D eigenvalue weighted by Crippen LogP contribution is 2.47. The van der Waals surface area contributed by atoms with Gasteiger partial charge in [-0.25, -0.2) is 4.79 Å². The van der Waals surface area contributed by atoms with Gasteiger partial charge in [-0.15, -0.1) is 0 Å². The zero-order valence-corrected chi connectivity index (χ0v) is 8.10. The lowest BCUT2D eigenvalue weighted by Gasteiger charge is -1.79. The lowest BCUT2D eigenvalue weighted by Crippen LogP contribution is -1.92. The van der Waals surface area contributed by atoms with Gasteiger partial charge in [0.1, 0.15) is 0 Å². The molecule has 1 aromatic carbocycles. The molecular weight excluding hydrogens is 184 g/mol. The summed E-state index contributed by atoms with van der Waals surface area (Å²) in [4.78, 5) is 12.5. The van der Waals surface area contributed by atoms with Gasteiger partial charge in [0.15, 0.2) is 0 Å². The normalized spacial score (nSPS) is 10.5. The average molecular weight is 194 g/mol. The Bertz CT molecular complexity index is 312. The van der Waals surface area contributed by atoms with Crippen molar-refractivity contribution in [3.05, 3.63) is 36.4 Å². The average Bonchev–Trinajstić information content (AvgIpc) is 2.83. The monoisotopic (exact) mass is 194 g/mol. The van der Waals surface area contributed by atoms with Gasteiger partial charge in [0.25, 0.3) is 0 Å². The van der Waals surface area contributed by atoms with Crippen LogP contribution in [0.3, 0.4) is 0 Å². The Balaban J connectivity index is 0.000000133. The molecule has 1 aliphatic heterocycles. The summed E-state index contributed by atoms with van der Waals surface area (Å²) in [5.41, 5.74) is 0.176. The van der Waals surface area contributed by atoms with Crippen molar-refractivity contribution in [2.24, 2.45) is 0 Å².